The molecule has 0 saturated carbocycles. The second kappa shape index (κ2) is 9.60. The van der Waals surface area contributed by atoms with Gasteiger partial charge >= 0.3 is 0 Å². The molecule has 5 aromatic heterocycles. The van der Waals surface area contributed by atoms with E-state index in [0.717, 1.165) is 16.9 Å². The highest BCUT2D eigenvalue weighted by Crippen LogP contribution is 2.36. The van der Waals surface area contributed by atoms with Gasteiger partial charge in [-0.05, 0) is 52.4 Å². The molecule has 13 heteroatoms. The van der Waals surface area contributed by atoms with E-state index in [0.29, 0.717) is 39.8 Å². The third kappa shape index (κ3) is 4.36. The number of fused-ring (bicyclic) bond motifs is 1. The average Bonchev–Trinajstić information content (AvgIpc) is 3.61. The van der Waals surface area contributed by atoms with Gasteiger partial charge in [-0.2, -0.15) is 9.78 Å². The smallest absolute Gasteiger partial charge is 0.223 e. The van der Waals surface area contributed by atoms with Gasteiger partial charge in [0.1, 0.15) is 18.1 Å². The van der Waals surface area contributed by atoms with E-state index in [1.165, 1.54) is 4.52 Å². The molecule has 0 atom stereocenters. The normalized spacial score (nSPS) is 11.0. The Bertz CT molecular complexity index is 1850. The van der Waals surface area contributed by atoms with Crippen LogP contribution in [0.15, 0.2) is 67.0 Å². The van der Waals surface area contributed by atoms with Crippen molar-refractivity contribution in [2.45, 2.75) is 6.54 Å². The summed E-state index contributed by atoms with van der Waals surface area (Å²) in [6.07, 6.45) is 3.40. The number of anilines is 2. The van der Waals surface area contributed by atoms with Crippen molar-refractivity contribution in [3.8, 4) is 40.0 Å². The number of rotatable bonds is 6. The Morgan fingerprint density at radius 2 is 1.87 bits per heavy atom. The minimum absolute atomic E-state index is 0.147. The third-order valence-electron chi connectivity index (χ3n) is 6.03. The number of nitrogen functional groups attached to an aromatic ring is 1. The minimum atomic E-state index is 0.147. The van der Waals surface area contributed by atoms with Crippen LogP contribution in [0.5, 0.6) is 0 Å². The number of tetrazole rings is 1. The van der Waals surface area contributed by atoms with Crippen LogP contribution in [0.2, 0.25) is 0 Å². The number of pyridine rings is 2. The summed E-state index contributed by atoms with van der Waals surface area (Å²) >= 11 is 0. The van der Waals surface area contributed by atoms with Crippen LogP contribution in [0.3, 0.4) is 0 Å². The number of nitrogens with two attached hydrogens (primary N) is 1. The number of hydrogen-bond donors (Lipinski definition) is 1. The summed E-state index contributed by atoms with van der Waals surface area (Å²) in [5.41, 5.74) is 10.8. The molecular weight excluding hydrogens is 494 g/mol. The van der Waals surface area contributed by atoms with Crippen LogP contribution in [0, 0.1) is 11.3 Å². The van der Waals surface area contributed by atoms with Crippen molar-refractivity contribution in [2.24, 2.45) is 0 Å². The number of hydrogen-bond acceptors (Lipinski definition) is 11. The lowest BCUT2D eigenvalue weighted by Gasteiger charge is -2.15. The van der Waals surface area contributed by atoms with Crippen molar-refractivity contribution < 1.29 is 0 Å². The van der Waals surface area contributed by atoms with Crippen LogP contribution < -0.4 is 10.6 Å². The van der Waals surface area contributed by atoms with Gasteiger partial charge in [-0.1, -0.05) is 18.2 Å². The fourth-order valence-electron chi connectivity index (χ4n) is 4.22. The molecule has 6 aromatic rings. The van der Waals surface area contributed by atoms with Crippen molar-refractivity contribution in [3.63, 3.8) is 0 Å². The van der Waals surface area contributed by atoms with E-state index in [9.17, 15) is 5.26 Å². The van der Waals surface area contributed by atoms with Crippen molar-refractivity contribution in [3.05, 3.63) is 78.4 Å². The quantitative estimate of drug-likeness (QED) is 0.346. The molecule has 13 nitrogen and oxygen atoms in total. The maximum atomic E-state index is 9.49. The van der Waals surface area contributed by atoms with Crippen molar-refractivity contribution >= 4 is 17.4 Å². The summed E-state index contributed by atoms with van der Waals surface area (Å²) in [7, 11) is 3.83. The Hall–Kier alpha value is -5.77. The monoisotopic (exact) mass is 515 g/mol. The maximum absolute atomic E-state index is 9.49. The Morgan fingerprint density at radius 3 is 2.67 bits per heavy atom. The fourth-order valence-corrected chi connectivity index (χ4v) is 4.22. The Balaban J connectivity index is 1.55. The van der Waals surface area contributed by atoms with E-state index >= 15 is 0 Å². The topological polar surface area (TPSA) is 166 Å². The van der Waals surface area contributed by atoms with Crippen LogP contribution in [0.25, 0.3) is 39.5 Å². The van der Waals surface area contributed by atoms with E-state index in [2.05, 4.69) is 36.7 Å². The maximum Gasteiger partial charge on any atom is 0.223 e. The lowest BCUT2D eigenvalue weighted by atomic mass is 9.99. The fraction of sp³-hybridized carbons (Fsp3) is 0.115. The molecule has 0 bridgehead atoms. The van der Waals surface area contributed by atoms with Gasteiger partial charge in [0.15, 0.2) is 11.5 Å². The third-order valence-corrected chi connectivity index (χ3v) is 6.03. The first-order chi connectivity index (χ1) is 19.0. The van der Waals surface area contributed by atoms with E-state index in [-0.39, 0.29) is 12.5 Å². The highest BCUT2D eigenvalue weighted by atomic mass is 15.5. The summed E-state index contributed by atoms with van der Waals surface area (Å²) in [5, 5.41) is 26.2. The van der Waals surface area contributed by atoms with Gasteiger partial charge in [0.25, 0.3) is 0 Å². The highest BCUT2D eigenvalue weighted by Gasteiger charge is 2.22. The molecule has 5 heterocycles. The first-order valence-corrected chi connectivity index (χ1v) is 11.9. The molecule has 0 aliphatic rings. The van der Waals surface area contributed by atoms with Gasteiger partial charge in [-0.3, -0.25) is 4.98 Å². The van der Waals surface area contributed by atoms with Gasteiger partial charge in [-0.25, -0.2) is 19.6 Å². The molecule has 1 aromatic carbocycles. The Labute approximate surface area is 222 Å². The van der Waals surface area contributed by atoms with Crippen molar-refractivity contribution in [2.75, 3.05) is 24.7 Å². The molecule has 2 N–H and O–H groups in total. The Kier molecular flexibility index (Phi) is 5.81. The second-order valence-electron chi connectivity index (χ2n) is 8.82. The number of nitrogens with zero attached hydrogens (tertiary/aromatic N) is 12. The standard InChI is InChI=1S/C26H21N13/c1-37(2)21-13-17(9-11-30-21)22-23(18-7-5-6-16(12-18)14-27)32-26(28)39-25(22)31-20(34-39)15-38-24(33-35-36-38)19-8-3-4-10-29-19/h3-13H,15H2,1-2H3,(H2,28,32). The molecule has 0 spiro atoms. The summed E-state index contributed by atoms with van der Waals surface area (Å²) in [6, 6.07) is 18.7. The Morgan fingerprint density at radius 1 is 0.974 bits per heavy atom. The number of nitriles is 1. The van der Waals surface area contributed by atoms with Gasteiger partial charge in [0, 0.05) is 32.1 Å². The van der Waals surface area contributed by atoms with Crippen LogP contribution in [-0.2, 0) is 6.54 Å². The first-order valence-electron chi connectivity index (χ1n) is 11.9. The first kappa shape index (κ1) is 23.6. The number of benzene rings is 1. The largest absolute Gasteiger partial charge is 0.368 e. The van der Waals surface area contributed by atoms with E-state index in [1.807, 2.05) is 61.5 Å². The van der Waals surface area contributed by atoms with Gasteiger partial charge in [0.05, 0.1) is 22.9 Å². The molecule has 190 valence electrons. The van der Waals surface area contributed by atoms with Crippen molar-refractivity contribution in [1.29, 1.82) is 5.26 Å². The van der Waals surface area contributed by atoms with E-state index < -0.39 is 0 Å². The molecule has 0 unspecified atom stereocenters. The van der Waals surface area contributed by atoms with Crippen LogP contribution in [0.1, 0.15) is 11.4 Å². The van der Waals surface area contributed by atoms with Gasteiger partial charge in [0.2, 0.25) is 11.8 Å². The predicted octanol–water partition coefficient (Wildman–Crippen LogP) is 2.47. The van der Waals surface area contributed by atoms with E-state index in [1.54, 1.807) is 29.2 Å². The zero-order valence-corrected chi connectivity index (χ0v) is 21.0. The number of aromatic nitrogens is 10. The molecule has 0 fully saturated rings. The molecule has 0 aliphatic carbocycles. The van der Waals surface area contributed by atoms with E-state index in [4.69, 9.17) is 15.7 Å². The minimum Gasteiger partial charge on any atom is -0.368 e. The summed E-state index contributed by atoms with van der Waals surface area (Å²) in [5.74, 6) is 1.82. The summed E-state index contributed by atoms with van der Waals surface area (Å²) in [4.78, 5) is 20.3. The lowest BCUT2D eigenvalue weighted by Crippen LogP contribution is -2.10. The van der Waals surface area contributed by atoms with Crippen LogP contribution >= 0.6 is 0 Å². The molecule has 0 saturated heterocycles. The molecule has 0 aliphatic heterocycles. The lowest BCUT2D eigenvalue weighted by molar-refractivity contribution is 0.627. The second-order valence-corrected chi connectivity index (χ2v) is 8.82. The molecular formula is C26H21N13. The zero-order valence-electron chi connectivity index (χ0n) is 21.0. The molecule has 6 rings (SSSR count). The summed E-state index contributed by atoms with van der Waals surface area (Å²) in [6.45, 7) is 0.179. The summed E-state index contributed by atoms with van der Waals surface area (Å²) < 4.78 is 3.08. The van der Waals surface area contributed by atoms with Crippen LogP contribution in [-0.4, -0.2) is 63.9 Å². The van der Waals surface area contributed by atoms with Gasteiger partial charge < -0.3 is 10.6 Å². The highest BCUT2D eigenvalue weighted by molar-refractivity contribution is 5.91. The average molecular weight is 516 g/mol. The zero-order chi connectivity index (χ0) is 26.9. The predicted molar refractivity (Wildman–Crippen MR) is 143 cm³/mol. The van der Waals surface area contributed by atoms with Crippen LogP contribution in [0.4, 0.5) is 11.8 Å². The molecule has 0 amide bonds. The molecule has 39 heavy (non-hydrogen) atoms. The SMILES string of the molecule is CN(C)c1cc(-c2c(-c3cccc(C#N)c3)nc(N)n3nc(Cn4nnnc4-c4ccccn4)nc23)ccn1. The van der Waals surface area contributed by atoms with Crippen molar-refractivity contribution in [1.82, 2.24) is 49.8 Å². The van der Waals surface area contributed by atoms with Gasteiger partial charge in [-0.15, -0.1) is 10.2 Å². The molecule has 0 radical (unpaired) electrons.